The molecule has 1 saturated heterocycles. The number of H-pyrrole nitrogens is 1. The van der Waals surface area contributed by atoms with Gasteiger partial charge in [0.1, 0.15) is 39.3 Å². The third-order valence-corrected chi connectivity index (χ3v) is 7.89. The Bertz CT molecular complexity index is 1030. The van der Waals surface area contributed by atoms with E-state index in [1.165, 1.54) is 28.4 Å². The highest BCUT2D eigenvalue weighted by Crippen LogP contribution is 2.44. The Kier molecular flexibility index (Phi) is 7.66. The Morgan fingerprint density at radius 1 is 1.38 bits per heavy atom. The number of esters is 1. The van der Waals surface area contributed by atoms with Crippen molar-refractivity contribution < 1.29 is 36.5 Å². The van der Waals surface area contributed by atoms with Crippen molar-refractivity contribution in [3.8, 4) is 0 Å². The number of hydrogen-bond donors (Lipinski definition) is 2. The first kappa shape index (κ1) is 26.5. The standard InChI is InChI=1S/C17H21F3N6O5S3/c1-7(33-15-22-24-25-23-15)8-5-32-13-10(21-9(27)6-34(30)17(18,19)20)12(28)26(13)11(8)14(29)31-16(2,3)4/h7,10,13H,5-6H2,1-4H3,(H,21,27)(H,22,23,24,25)/t7?,10?,13-,34?/m1/s1. The fourth-order valence-corrected chi connectivity index (χ4v) is 6.02. The molecule has 4 atom stereocenters. The summed E-state index contributed by atoms with van der Waals surface area (Å²) in [5.41, 5.74) is -5.32. The van der Waals surface area contributed by atoms with Crippen molar-refractivity contribution in [1.82, 2.24) is 30.8 Å². The van der Waals surface area contributed by atoms with Crippen LogP contribution in [0.4, 0.5) is 13.2 Å². The van der Waals surface area contributed by atoms with E-state index >= 15 is 0 Å². The van der Waals surface area contributed by atoms with Gasteiger partial charge in [-0.3, -0.25) is 14.5 Å². The van der Waals surface area contributed by atoms with Crippen LogP contribution in [0.3, 0.4) is 0 Å². The van der Waals surface area contributed by atoms with Gasteiger partial charge in [0.25, 0.3) is 5.91 Å². The van der Waals surface area contributed by atoms with Crippen molar-refractivity contribution in [3.05, 3.63) is 11.3 Å². The van der Waals surface area contributed by atoms with Gasteiger partial charge in [0.2, 0.25) is 11.1 Å². The number of alkyl halides is 3. The van der Waals surface area contributed by atoms with Crippen LogP contribution in [0.25, 0.3) is 0 Å². The van der Waals surface area contributed by atoms with Crippen molar-refractivity contribution in [2.24, 2.45) is 0 Å². The largest absolute Gasteiger partial charge is 0.471 e. The van der Waals surface area contributed by atoms with Crippen molar-refractivity contribution >= 4 is 52.1 Å². The van der Waals surface area contributed by atoms with Crippen molar-refractivity contribution in [1.29, 1.82) is 0 Å². The van der Waals surface area contributed by atoms with Crippen LogP contribution in [0.5, 0.6) is 0 Å². The zero-order chi connectivity index (χ0) is 25.4. The molecule has 2 N–H and O–H groups in total. The predicted octanol–water partition coefficient (Wildman–Crippen LogP) is 0.944. The number of halogens is 3. The number of aromatic nitrogens is 4. The van der Waals surface area contributed by atoms with E-state index in [2.05, 4.69) is 25.9 Å². The first-order valence-electron chi connectivity index (χ1n) is 9.74. The molecule has 0 bridgehead atoms. The average molecular weight is 543 g/mol. The lowest BCUT2D eigenvalue weighted by Gasteiger charge is -2.50. The van der Waals surface area contributed by atoms with Gasteiger partial charge in [-0.1, -0.05) is 11.8 Å². The number of carbonyl (C=O) groups is 3. The fourth-order valence-electron chi connectivity index (χ4n) is 3.12. The summed E-state index contributed by atoms with van der Waals surface area (Å²) in [6, 6.07) is -1.16. The molecule has 3 unspecified atom stereocenters. The highest BCUT2D eigenvalue weighted by molar-refractivity contribution is 8.01. The summed E-state index contributed by atoms with van der Waals surface area (Å²) >= 11 is 2.43. The lowest BCUT2D eigenvalue weighted by atomic mass is 10.0. The lowest BCUT2D eigenvalue weighted by molar-refractivity contribution is -0.159. The summed E-state index contributed by atoms with van der Waals surface area (Å²) in [5, 5.41) is 15.0. The second-order valence-electron chi connectivity index (χ2n) is 8.22. The first-order chi connectivity index (χ1) is 15.7. The van der Waals surface area contributed by atoms with E-state index in [-0.39, 0.29) is 16.7 Å². The highest BCUT2D eigenvalue weighted by Gasteiger charge is 2.55. The molecule has 11 nitrogen and oxygen atoms in total. The number of tetrazole rings is 1. The van der Waals surface area contributed by atoms with Gasteiger partial charge in [-0.15, -0.1) is 22.0 Å². The molecule has 3 rings (SSSR count). The summed E-state index contributed by atoms with van der Waals surface area (Å²) in [6.07, 6.45) is 0. The molecule has 0 spiro atoms. The van der Waals surface area contributed by atoms with E-state index in [1.54, 1.807) is 27.7 Å². The molecular formula is C17H21F3N6O5S3. The van der Waals surface area contributed by atoms with Gasteiger partial charge >= 0.3 is 11.5 Å². The monoisotopic (exact) mass is 542 g/mol. The Hall–Kier alpha value is -2.14. The average Bonchev–Trinajstić information content (AvgIpc) is 3.21. The molecule has 2 amide bonds. The summed E-state index contributed by atoms with van der Waals surface area (Å²) in [7, 11) is -3.39. The Morgan fingerprint density at radius 3 is 2.62 bits per heavy atom. The van der Waals surface area contributed by atoms with Gasteiger partial charge in [-0.2, -0.15) is 18.4 Å². The number of thioether (sulfide) groups is 2. The summed E-state index contributed by atoms with van der Waals surface area (Å²) < 4.78 is 54.1. The van der Waals surface area contributed by atoms with E-state index in [0.29, 0.717) is 10.7 Å². The van der Waals surface area contributed by atoms with E-state index in [1.807, 2.05) is 0 Å². The second kappa shape index (κ2) is 9.85. The maximum absolute atomic E-state index is 13.1. The number of β-lactam (4-membered cyclic amide) rings is 1. The number of amides is 2. The number of ether oxygens (including phenoxy) is 1. The van der Waals surface area contributed by atoms with Crippen LogP contribution in [0.15, 0.2) is 16.4 Å². The number of carbonyl (C=O) groups excluding carboxylic acids is 3. The van der Waals surface area contributed by atoms with Crippen molar-refractivity contribution in [2.45, 2.75) is 60.6 Å². The molecule has 1 aromatic heterocycles. The third-order valence-electron chi connectivity index (χ3n) is 4.53. The van der Waals surface area contributed by atoms with Gasteiger partial charge in [-0.05, 0) is 38.5 Å². The molecule has 188 valence electrons. The quantitative estimate of drug-likeness (QED) is 0.290. The molecule has 1 fully saturated rings. The number of nitrogens with zero attached hydrogens (tertiary/aromatic N) is 4. The van der Waals surface area contributed by atoms with Crippen LogP contribution in [0, 0.1) is 0 Å². The molecule has 34 heavy (non-hydrogen) atoms. The summed E-state index contributed by atoms with van der Waals surface area (Å²) in [5.74, 6) is -3.65. The van der Waals surface area contributed by atoms with Gasteiger partial charge in [0.15, 0.2) is 0 Å². The smallest absolute Gasteiger partial charge is 0.455 e. The number of rotatable bonds is 7. The normalized spacial score (nSPS) is 22.6. The summed E-state index contributed by atoms with van der Waals surface area (Å²) in [6.45, 7) is 6.79. The second-order valence-corrected chi connectivity index (χ2v) is 12.1. The molecule has 1 aromatic rings. The minimum atomic E-state index is -5.04. The molecule has 0 saturated carbocycles. The van der Waals surface area contributed by atoms with Crippen LogP contribution >= 0.6 is 23.5 Å². The van der Waals surface area contributed by atoms with Gasteiger partial charge in [0.05, 0.1) is 0 Å². The van der Waals surface area contributed by atoms with Crippen LogP contribution in [0.2, 0.25) is 0 Å². The van der Waals surface area contributed by atoms with Crippen molar-refractivity contribution in [3.63, 3.8) is 0 Å². The molecule has 0 radical (unpaired) electrons. The summed E-state index contributed by atoms with van der Waals surface area (Å²) in [4.78, 5) is 39.1. The molecule has 3 heterocycles. The molecule has 17 heteroatoms. The van der Waals surface area contributed by atoms with Crippen LogP contribution in [0.1, 0.15) is 27.7 Å². The Labute approximate surface area is 202 Å². The lowest BCUT2D eigenvalue weighted by Crippen LogP contribution is -2.71. The number of nitrogens with one attached hydrogen (secondary N) is 2. The maximum atomic E-state index is 13.1. The van der Waals surface area contributed by atoms with E-state index in [0.717, 1.165) is 0 Å². The molecule has 2 aliphatic heterocycles. The molecule has 0 aliphatic carbocycles. The van der Waals surface area contributed by atoms with E-state index in [9.17, 15) is 31.8 Å². The molecule has 0 aromatic carbocycles. The SMILES string of the molecule is CC(Sc1nn[nH]n1)C1=C(C(=O)OC(C)(C)C)N2C(=O)C(NC(=O)CS(=O)C(F)(F)F)[C@H]2SC1. The van der Waals surface area contributed by atoms with Gasteiger partial charge in [-0.25, -0.2) is 9.00 Å². The first-order valence-corrected chi connectivity index (χ1v) is 13.0. The van der Waals surface area contributed by atoms with Crippen molar-refractivity contribution in [2.75, 3.05) is 11.5 Å². The minimum Gasteiger partial charge on any atom is -0.455 e. The van der Waals surface area contributed by atoms with Crippen LogP contribution in [-0.4, -0.2) is 86.8 Å². The zero-order valence-corrected chi connectivity index (χ0v) is 20.8. The predicted molar refractivity (Wildman–Crippen MR) is 116 cm³/mol. The topological polar surface area (TPSA) is 147 Å². The van der Waals surface area contributed by atoms with E-state index < -0.39 is 56.9 Å². The Morgan fingerprint density at radius 2 is 2.06 bits per heavy atom. The van der Waals surface area contributed by atoms with E-state index in [4.69, 9.17) is 4.74 Å². The highest BCUT2D eigenvalue weighted by atomic mass is 32.2. The zero-order valence-electron chi connectivity index (χ0n) is 18.3. The number of aromatic amines is 1. The Balaban J connectivity index is 1.82. The van der Waals surface area contributed by atoms with Crippen LogP contribution < -0.4 is 5.32 Å². The number of hydrogen-bond acceptors (Lipinski definition) is 10. The number of fused-ring (bicyclic) bond motifs is 1. The van der Waals surface area contributed by atoms with Gasteiger partial charge in [0, 0.05) is 11.0 Å². The minimum absolute atomic E-state index is 0.0107. The van der Waals surface area contributed by atoms with Crippen LogP contribution in [-0.2, 0) is 29.9 Å². The molecular weight excluding hydrogens is 521 g/mol. The molecule has 2 aliphatic rings. The van der Waals surface area contributed by atoms with Gasteiger partial charge < -0.3 is 10.1 Å². The third kappa shape index (κ3) is 5.91. The fraction of sp³-hybridized carbons (Fsp3) is 0.647. The maximum Gasteiger partial charge on any atom is 0.471 e.